The van der Waals surface area contributed by atoms with Crippen LogP contribution in [0.15, 0.2) is 48.5 Å². The second-order valence-electron chi connectivity index (χ2n) is 5.08. The van der Waals surface area contributed by atoms with E-state index in [0.29, 0.717) is 16.4 Å². The van der Waals surface area contributed by atoms with Gasteiger partial charge in [0.05, 0.1) is 5.69 Å². The van der Waals surface area contributed by atoms with Crippen molar-refractivity contribution >= 4 is 46.8 Å². The number of anilines is 2. The highest BCUT2D eigenvalue weighted by Crippen LogP contribution is 2.33. The smallest absolute Gasteiger partial charge is 0.271 e. The van der Waals surface area contributed by atoms with Gasteiger partial charge in [-0.25, -0.2) is 14.7 Å². The number of benzene rings is 2. The van der Waals surface area contributed by atoms with E-state index in [1.54, 1.807) is 30.5 Å². The number of halogens is 1. The van der Waals surface area contributed by atoms with E-state index < -0.39 is 6.04 Å². The second-order valence-corrected chi connectivity index (χ2v) is 5.51. The first-order valence-electron chi connectivity index (χ1n) is 6.78. The summed E-state index contributed by atoms with van der Waals surface area (Å²) in [4.78, 5) is 31.1. The van der Waals surface area contributed by atoms with Gasteiger partial charge in [-0.3, -0.25) is 9.69 Å². The standard InChI is InChI=1S/C16H10ClN3O2/c17-10-5-7-11(8-6-10)19-15(21)14-9-18-12-3-1-2-4-13(12)20(14)16(19)22/h1-9,14H/p+1. The number of imide groups is 1. The molecule has 2 aromatic rings. The molecule has 0 saturated carbocycles. The summed E-state index contributed by atoms with van der Waals surface area (Å²) >= 11 is 5.87. The lowest BCUT2D eigenvalue weighted by Crippen LogP contribution is -2.69. The lowest BCUT2D eigenvalue weighted by atomic mass is 10.1. The number of amides is 3. The average Bonchev–Trinajstić information content (AvgIpc) is 2.80. The molecule has 0 aliphatic carbocycles. The van der Waals surface area contributed by atoms with Gasteiger partial charge in [0, 0.05) is 11.1 Å². The molecular weight excluding hydrogens is 302 g/mol. The zero-order valence-electron chi connectivity index (χ0n) is 11.4. The van der Waals surface area contributed by atoms with Crippen molar-refractivity contribution in [1.29, 1.82) is 0 Å². The van der Waals surface area contributed by atoms with Crippen LogP contribution in [0.2, 0.25) is 5.02 Å². The first-order valence-corrected chi connectivity index (χ1v) is 7.16. The van der Waals surface area contributed by atoms with Crippen molar-refractivity contribution < 1.29 is 14.6 Å². The number of carbonyl (C=O) groups excluding carboxylic acids is 2. The van der Waals surface area contributed by atoms with Gasteiger partial charge in [0.2, 0.25) is 5.69 Å². The SMILES string of the molecule is O=C1C2C=[NH+]c3ccccc3N2C(=O)N1c1ccc(Cl)cc1. The van der Waals surface area contributed by atoms with Crippen LogP contribution in [0.5, 0.6) is 0 Å². The molecule has 1 saturated heterocycles. The Morgan fingerprint density at radius 1 is 1.00 bits per heavy atom. The molecular formula is C16H11ClN3O2+. The maximum Gasteiger partial charge on any atom is 0.337 e. The summed E-state index contributed by atoms with van der Waals surface area (Å²) in [6, 6.07) is 13.0. The number of fused-ring (bicyclic) bond motifs is 3. The summed E-state index contributed by atoms with van der Waals surface area (Å²) in [6.07, 6.45) is 1.64. The predicted molar refractivity (Wildman–Crippen MR) is 83.7 cm³/mol. The Kier molecular flexibility index (Phi) is 2.77. The van der Waals surface area contributed by atoms with E-state index in [4.69, 9.17) is 11.6 Å². The van der Waals surface area contributed by atoms with Crippen molar-refractivity contribution in [2.75, 3.05) is 9.80 Å². The van der Waals surface area contributed by atoms with Gasteiger partial charge in [-0.2, -0.15) is 0 Å². The minimum atomic E-state index is -0.641. The molecule has 1 unspecified atom stereocenters. The molecule has 2 aliphatic heterocycles. The third kappa shape index (κ3) is 1.76. The third-order valence-electron chi connectivity index (χ3n) is 3.79. The summed E-state index contributed by atoms with van der Waals surface area (Å²) in [7, 11) is 0. The van der Waals surface area contributed by atoms with E-state index in [1.807, 2.05) is 24.3 Å². The number of para-hydroxylation sites is 2. The van der Waals surface area contributed by atoms with E-state index >= 15 is 0 Å². The fraction of sp³-hybridized carbons (Fsp3) is 0.0625. The van der Waals surface area contributed by atoms with Crippen LogP contribution in [0.1, 0.15) is 0 Å². The highest BCUT2D eigenvalue weighted by molar-refractivity contribution is 6.34. The monoisotopic (exact) mass is 312 g/mol. The lowest BCUT2D eigenvalue weighted by molar-refractivity contribution is -0.350. The number of nitrogens with one attached hydrogen (secondary N) is 1. The van der Waals surface area contributed by atoms with Crippen LogP contribution in [0.3, 0.4) is 0 Å². The van der Waals surface area contributed by atoms with Gasteiger partial charge < -0.3 is 0 Å². The van der Waals surface area contributed by atoms with Gasteiger partial charge in [0.25, 0.3) is 5.91 Å². The van der Waals surface area contributed by atoms with Crippen LogP contribution in [0.4, 0.5) is 21.9 Å². The fourth-order valence-corrected chi connectivity index (χ4v) is 2.89. The first kappa shape index (κ1) is 13.0. The van der Waals surface area contributed by atoms with Crippen molar-refractivity contribution in [2.45, 2.75) is 6.04 Å². The average molecular weight is 313 g/mol. The van der Waals surface area contributed by atoms with Crippen LogP contribution >= 0.6 is 11.6 Å². The summed E-state index contributed by atoms with van der Waals surface area (Å²) in [6.45, 7) is 0. The Bertz CT molecular complexity index is 816. The molecule has 1 atom stereocenters. The Labute approximate surface area is 131 Å². The van der Waals surface area contributed by atoms with Crippen LogP contribution in [0, 0.1) is 0 Å². The van der Waals surface area contributed by atoms with Crippen molar-refractivity contribution in [3.05, 3.63) is 53.6 Å². The minimum Gasteiger partial charge on any atom is -0.271 e. The normalized spacial score (nSPS) is 19.4. The molecule has 2 heterocycles. The molecule has 22 heavy (non-hydrogen) atoms. The van der Waals surface area contributed by atoms with Gasteiger partial charge in [0.15, 0.2) is 12.3 Å². The molecule has 2 aliphatic rings. The highest BCUT2D eigenvalue weighted by atomic mass is 35.5. The predicted octanol–water partition coefficient (Wildman–Crippen LogP) is 1.48. The topological polar surface area (TPSA) is 54.6 Å². The maximum absolute atomic E-state index is 12.7. The Balaban J connectivity index is 1.81. The molecule has 5 nitrogen and oxygen atoms in total. The molecule has 4 rings (SSSR count). The molecule has 0 aromatic heterocycles. The van der Waals surface area contributed by atoms with Crippen LogP contribution < -0.4 is 14.8 Å². The van der Waals surface area contributed by atoms with Gasteiger partial charge in [0.1, 0.15) is 5.69 Å². The second kappa shape index (κ2) is 4.68. The van der Waals surface area contributed by atoms with E-state index in [0.717, 1.165) is 5.69 Å². The van der Waals surface area contributed by atoms with Gasteiger partial charge in [-0.15, -0.1) is 0 Å². The van der Waals surface area contributed by atoms with Gasteiger partial charge in [-0.1, -0.05) is 23.7 Å². The number of hydrogen-bond acceptors (Lipinski definition) is 2. The van der Waals surface area contributed by atoms with E-state index in [2.05, 4.69) is 4.99 Å². The largest absolute Gasteiger partial charge is 0.337 e. The van der Waals surface area contributed by atoms with Crippen molar-refractivity contribution in [3.8, 4) is 0 Å². The Morgan fingerprint density at radius 2 is 1.73 bits per heavy atom. The van der Waals surface area contributed by atoms with Crippen molar-refractivity contribution in [1.82, 2.24) is 0 Å². The van der Waals surface area contributed by atoms with Crippen molar-refractivity contribution in [3.63, 3.8) is 0 Å². The quantitative estimate of drug-likeness (QED) is 0.811. The van der Waals surface area contributed by atoms with Crippen LogP contribution in [-0.2, 0) is 4.79 Å². The molecule has 0 spiro atoms. The van der Waals surface area contributed by atoms with Crippen LogP contribution in [0.25, 0.3) is 0 Å². The molecule has 1 fully saturated rings. The van der Waals surface area contributed by atoms with E-state index in [9.17, 15) is 9.59 Å². The maximum atomic E-state index is 12.7. The van der Waals surface area contributed by atoms with E-state index in [-0.39, 0.29) is 11.9 Å². The number of nitrogens with zero attached hydrogens (tertiary/aromatic N) is 2. The molecule has 3 amide bonds. The molecule has 6 heteroatoms. The zero-order chi connectivity index (χ0) is 15.3. The minimum absolute atomic E-state index is 0.283. The zero-order valence-corrected chi connectivity index (χ0v) is 12.1. The summed E-state index contributed by atoms with van der Waals surface area (Å²) < 4.78 is 0. The molecule has 2 aromatic carbocycles. The Hall–Kier alpha value is -2.66. The van der Waals surface area contributed by atoms with Crippen LogP contribution in [-0.4, -0.2) is 24.2 Å². The highest BCUT2D eigenvalue weighted by Gasteiger charge is 2.50. The Morgan fingerprint density at radius 3 is 2.50 bits per heavy atom. The molecule has 0 radical (unpaired) electrons. The molecule has 1 N–H and O–H groups in total. The van der Waals surface area contributed by atoms with Gasteiger partial charge in [-0.05, 0) is 30.3 Å². The number of hydrogen-bond donors (Lipinski definition) is 1. The summed E-state index contributed by atoms with van der Waals surface area (Å²) in [5, 5.41) is 0.555. The third-order valence-corrected chi connectivity index (χ3v) is 4.05. The summed E-state index contributed by atoms with van der Waals surface area (Å²) in [5.74, 6) is -0.283. The molecule has 0 bridgehead atoms. The van der Waals surface area contributed by atoms with Crippen molar-refractivity contribution in [2.24, 2.45) is 0 Å². The van der Waals surface area contributed by atoms with Gasteiger partial charge >= 0.3 is 6.03 Å². The first-order chi connectivity index (χ1) is 10.7. The number of urea groups is 1. The fourth-order valence-electron chi connectivity index (χ4n) is 2.76. The molecule has 108 valence electrons. The summed E-state index contributed by atoms with van der Waals surface area (Å²) in [5.41, 5.74) is 2.02. The lowest BCUT2D eigenvalue weighted by Gasteiger charge is -2.20. The number of carbonyl (C=O) groups is 2. The van der Waals surface area contributed by atoms with E-state index in [1.165, 1.54) is 9.80 Å². The number of rotatable bonds is 1.